The van der Waals surface area contributed by atoms with Crippen LogP contribution in [0.1, 0.15) is 33.4 Å². The van der Waals surface area contributed by atoms with Gasteiger partial charge in [-0.1, -0.05) is 12.1 Å². The van der Waals surface area contributed by atoms with Gasteiger partial charge in [-0.15, -0.1) is 0 Å². The summed E-state index contributed by atoms with van der Waals surface area (Å²) in [6, 6.07) is 15.4. The van der Waals surface area contributed by atoms with E-state index in [0.29, 0.717) is 17.7 Å². The third kappa shape index (κ3) is 4.78. The van der Waals surface area contributed by atoms with Crippen molar-refractivity contribution in [2.75, 3.05) is 6.54 Å². The zero-order valence-electron chi connectivity index (χ0n) is 17.7. The van der Waals surface area contributed by atoms with Crippen LogP contribution in [0, 0.1) is 0 Å². The van der Waals surface area contributed by atoms with E-state index in [-0.39, 0.29) is 33.9 Å². The molecule has 2 heterocycles. The van der Waals surface area contributed by atoms with E-state index in [1.807, 2.05) is 6.92 Å². The van der Waals surface area contributed by atoms with Crippen molar-refractivity contribution in [3.63, 3.8) is 0 Å². The molecule has 0 bridgehead atoms. The number of carbonyl (C=O) groups excluding carboxylic acids is 2. The van der Waals surface area contributed by atoms with Gasteiger partial charge < -0.3 is 15.1 Å². The molecule has 33 heavy (non-hydrogen) atoms. The maximum Gasteiger partial charge on any atom is 0.287 e. The molecule has 4 aromatic rings. The molecule has 0 saturated heterocycles. The number of fused-ring (bicyclic) bond motifs is 1. The highest BCUT2D eigenvalue weighted by Crippen LogP contribution is 2.22. The summed E-state index contributed by atoms with van der Waals surface area (Å²) in [7, 11) is -3.74. The molecule has 2 N–H and O–H groups in total. The Labute approximate surface area is 190 Å². The summed E-state index contributed by atoms with van der Waals surface area (Å²) in [5.74, 6) is -0.462. The number of hydrogen-bond donors (Lipinski definition) is 2. The Bertz CT molecular complexity index is 1380. The molecule has 4 rings (SSSR count). The highest BCUT2D eigenvalue weighted by Gasteiger charge is 2.18. The number of rotatable bonds is 7. The van der Waals surface area contributed by atoms with Gasteiger partial charge in [-0.2, -0.15) is 0 Å². The lowest BCUT2D eigenvalue weighted by Crippen LogP contribution is -2.22. The lowest BCUT2D eigenvalue weighted by Gasteiger charge is -2.08. The Morgan fingerprint density at radius 1 is 0.909 bits per heavy atom. The molecule has 0 unspecified atom stereocenters. The molecule has 0 aliphatic carbocycles. The first-order chi connectivity index (χ1) is 15.9. The van der Waals surface area contributed by atoms with Crippen molar-refractivity contribution in [1.29, 1.82) is 0 Å². The van der Waals surface area contributed by atoms with Gasteiger partial charge in [0.15, 0.2) is 11.3 Å². The number of benzene rings is 2. The second kappa shape index (κ2) is 9.25. The van der Waals surface area contributed by atoms with Crippen molar-refractivity contribution in [3.05, 3.63) is 89.9 Å². The molecule has 9 heteroatoms. The highest BCUT2D eigenvalue weighted by molar-refractivity contribution is 7.91. The number of nitrogens with zero attached hydrogens (tertiary/aromatic N) is 1. The predicted molar refractivity (Wildman–Crippen MR) is 122 cm³/mol. The van der Waals surface area contributed by atoms with Gasteiger partial charge in [0.2, 0.25) is 9.84 Å². The minimum Gasteiger partial charge on any atom is -0.449 e. The van der Waals surface area contributed by atoms with Crippen LogP contribution < -0.4 is 10.6 Å². The zero-order chi connectivity index (χ0) is 23.4. The maximum absolute atomic E-state index is 12.9. The number of amides is 2. The third-order valence-electron chi connectivity index (χ3n) is 5.00. The van der Waals surface area contributed by atoms with E-state index in [9.17, 15) is 18.0 Å². The first-order valence-corrected chi connectivity index (χ1v) is 11.7. The summed E-state index contributed by atoms with van der Waals surface area (Å²) in [5, 5.41) is 6.20. The number of carbonyl (C=O) groups is 2. The lowest BCUT2D eigenvalue weighted by molar-refractivity contribution is 0.0923. The standard InChI is InChI=1S/C24H21N3O5S/c1-2-26-23(28)17-5-9-20(10-6-17)33(30,31)19-7-3-16(4-8-19)14-27-24(29)21-13-18-11-12-25-15-22(18)32-21/h3-13,15H,2,14H2,1H3,(H,26,28)(H,27,29). The molecule has 0 aliphatic heterocycles. The van der Waals surface area contributed by atoms with Gasteiger partial charge >= 0.3 is 0 Å². The number of furan rings is 1. The zero-order valence-corrected chi connectivity index (χ0v) is 18.6. The Hall–Kier alpha value is -3.98. The molecule has 0 saturated carbocycles. The van der Waals surface area contributed by atoms with E-state index in [4.69, 9.17) is 4.42 Å². The largest absolute Gasteiger partial charge is 0.449 e. The van der Waals surface area contributed by atoms with Gasteiger partial charge in [0.05, 0.1) is 16.0 Å². The molecular formula is C24H21N3O5S. The van der Waals surface area contributed by atoms with Gasteiger partial charge in [-0.05, 0) is 61.0 Å². The molecule has 0 atom stereocenters. The molecule has 2 aromatic heterocycles. The smallest absolute Gasteiger partial charge is 0.287 e. The van der Waals surface area contributed by atoms with Crippen molar-refractivity contribution < 1.29 is 22.4 Å². The average Bonchev–Trinajstić information content (AvgIpc) is 3.27. The van der Waals surface area contributed by atoms with Crippen LogP contribution in [-0.2, 0) is 16.4 Å². The summed E-state index contributed by atoms with van der Waals surface area (Å²) in [6.07, 6.45) is 3.16. The van der Waals surface area contributed by atoms with Crippen LogP contribution in [0.2, 0.25) is 0 Å². The summed E-state index contributed by atoms with van der Waals surface area (Å²) in [6.45, 7) is 2.50. The number of aromatic nitrogens is 1. The quantitative estimate of drug-likeness (QED) is 0.434. The van der Waals surface area contributed by atoms with Gasteiger partial charge in [0, 0.05) is 30.2 Å². The Morgan fingerprint density at radius 3 is 2.21 bits per heavy atom. The number of nitrogens with one attached hydrogen (secondary N) is 2. The summed E-state index contributed by atoms with van der Waals surface area (Å²) in [4.78, 5) is 28.4. The first-order valence-electron chi connectivity index (χ1n) is 10.2. The second-order valence-electron chi connectivity index (χ2n) is 7.24. The topological polar surface area (TPSA) is 118 Å². The van der Waals surface area contributed by atoms with Crippen LogP contribution in [0.5, 0.6) is 0 Å². The average molecular weight is 464 g/mol. The van der Waals surface area contributed by atoms with Crippen molar-refractivity contribution in [2.45, 2.75) is 23.3 Å². The molecule has 8 nitrogen and oxygen atoms in total. The van der Waals surface area contributed by atoms with Gasteiger partial charge in [-0.25, -0.2) is 8.42 Å². The van der Waals surface area contributed by atoms with E-state index in [1.165, 1.54) is 36.4 Å². The minimum atomic E-state index is -3.74. The van der Waals surface area contributed by atoms with E-state index in [1.54, 1.807) is 36.7 Å². The van der Waals surface area contributed by atoms with E-state index in [2.05, 4.69) is 15.6 Å². The molecule has 2 amide bonds. The monoisotopic (exact) mass is 463 g/mol. The lowest BCUT2D eigenvalue weighted by atomic mass is 10.2. The minimum absolute atomic E-state index is 0.0935. The molecule has 2 aromatic carbocycles. The Balaban J connectivity index is 1.42. The van der Waals surface area contributed by atoms with Crippen LogP contribution >= 0.6 is 0 Å². The van der Waals surface area contributed by atoms with Gasteiger partial charge in [0.25, 0.3) is 11.8 Å². The predicted octanol–water partition coefficient (Wildman–Crippen LogP) is 3.34. The second-order valence-corrected chi connectivity index (χ2v) is 9.19. The Kier molecular flexibility index (Phi) is 6.23. The third-order valence-corrected chi connectivity index (χ3v) is 6.78. The summed E-state index contributed by atoms with van der Waals surface area (Å²) < 4.78 is 31.3. The van der Waals surface area contributed by atoms with Crippen LogP contribution in [0.3, 0.4) is 0 Å². The van der Waals surface area contributed by atoms with Crippen LogP contribution in [0.4, 0.5) is 0 Å². The molecule has 168 valence electrons. The van der Waals surface area contributed by atoms with Crippen LogP contribution in [-0.4, -0.2) is 31.8 Å². The summed E-state index contributed by atoms with van der Waals surface area (Å²) >= 11 is 0. The SMILES string of the molecule is CCNC(=O)c1ccc(S(=O)(=O)c2ccc(CNC(=O)c3cc4ccncc4o3)cc2)cc1. The number of sulfone groups is 1. The normalized spacial score (nSPS) is 11.3. The molecule has 0 radical (unpaired) electrons. The Morgan fingerprint density at radius 2 is 1.58 bits per heavy atom. The fraction of sp³-hybridized carbons (Fsp3) is 0.125. The van der Waals surface area contributed by atoms with Crippen molar-refractivity contribution >= 4 is 32.6 Å². The van der Waals surface area contributed by atoms with Gasteiger partial charge in [0.1, 0.15) is 0 Å². The molecule has 0 aliphatic rings. The molecule has 0 fully saturated rings. The number of hydrogen-bond acceptors (Lipinski definition) is 6. The van der Waals surface area contributed by atoms with E-state index < -0.39 is 9.84 Å². The fourth-order valence-corrected chi connectivity index (χ4v) is 4.50. The first kappa shape index (κ1) is 22.2. The molecular weight excluding hydrogens is 442 g/mol. The maximum atomic E-state index is 12.9. The van der Waals surface area contributed by atoms with E-state index in [0.717, 1.165) is 10.9 Å². The van der Waals surface area contributed by atoms with Gasteiger partial charge in [-0.3, -0.25) is 14.6 Å². The molecule has 0 spiro atoms. The van der Waals surface area contributed by atoms with Crippen LogP contribution in [0.15, 0.2) is 87.3 Å². The van der Waals surface area contributed by atoms with Crippen molar-refractivity contribution in [1.82, 2.24) is 15.6 Å². The number of pyridine rings is 1. The van der Waals surface area contributed by atoms with Crippen LogP contribution in [0.25, 0.3) is 11.0 Å². The highest BCUT2D eigenvalue weighted by atomic mass is 32.2. The van der Waals surface area contributed by atoms with Crippen molar-refractivity contribution in [2.24, 2.45) is 0 Å². The summed E-state index contributed by atoms with van der Waals surface area (Å²) in [5.41, 5.74) is 1.64. The van der Waals surface area contributed by atoms with Crippen molar-refractivity contribution in [3.8, 4) is 0 Å². The van der Waals surface area contributed by atoms with E-state index >= 15 is 0 Å². The fourth-order valence-electron chi connectivity index (χ4n) is 3.24.